The largest absolute Gasteiger partial charge is 0.377 e. The highest BCUT2D eigenvalue weighted by Gasteiger charge is 2.18. The number of hydrogen-bond donors (Lipinski definition) is 2. The highest BCUT2D eigenvalue weighted by molar-refractivity contribution is 5.49. The van der Waals surface area contributed by atoms with Crippen LogP contribution in [0.15, 0.2) is 6.07 Å². The lowest BCUT2D eigenvalue weighted by molar-refractivity contribution is 0.178. The Balaban J connectivity index is 2.17. The monoisotopic (exact) mass is 251 g/mol. The van der Waals surface area contributed by atoms with Crippen molar-refractivity contribution >= 4 is 11.6 Å². The number of methoxy groups -OCH3 is 1. The van der Waals surface area contributed by atoms with E-state index in [4.69, 9.17) is 10.6 Å². The fourth-order valence-corrected chi connectivity index (χ4v) is 2.15. The number of nitrogen functional groups attached to an aromatic ring is 1. The van der Waals surface area contributed by atoms with E-state index in [1.807, 2.05) is 6.07 Å². The lowest BCUT2D eigenvalue weighted by Crippen LogP contribution is -2.33. The molecule has 2 rings (SSSR count). The number of rotatable bonds is 4. The summed E-state index contributed by atoms with van der Waals surface area (Å²) in [5, 5.41) is 0. The van der Waals surface area contributed by atoms with E-state index in [0.717, 1.165) is 24.8 Å². The molecule has 3 N–H and O–H groups in total. The fraction of sp³-hybridized carbons (Fsp3) is 0.667. The second-order valence-electron chi connectivity index (χ2n) is 4.77. The standard InChI is InChI=1S/C12H21N5O/c1-9-3-5-17(6-4-9)12-7-10(16-13)14-11(15-12)8-18-2/h7,9H,3-6,8,13H2,1-2H3,(H,14,15,16). The van der Waals surface area contributed by atoms with Crippen molar-refractivity contribution in [1.82, 2.24) is 9.97 Å². The van der Waals surface area contributed by atoms with Crippen LogP contribution in [-0.2, 0) is 11.3 Å². The Hall–Kier alpha value is -1.40. The van der Waals surface area contributed by atoms with Crippen molar-refractivity contribution in [3.8, 4) is 0 Å². The zero-order valence-corrected chi connectivity index (χ0v) is 11.0. The first kappa shape index (κ1) is 13.0. The first-order valence-electron chi connectivity index (χ1n) is 6.31. The minimum Gasteiger partial charge on any atom is -0.377 e. The van der Waals surface area contributed by atoms with Crippen molar-refractivity contribution in [2.45, 2.75) is 26.4 Å². The molecule has 0 unspecified atom stereocenters. The van der Waals surface area contributed by atoms with Crippen molar-refractivity contribution in [2.24, 2.45) is 11.8 Å². The second-order valence-corrected chi connectivity index (χ2v) is 4.77. The van der Waals surface area contributed by atoms with Gasteiger partial charge in [-0.15, -0.1) is 0 Å². The van der Waals surface area contributed by atoms with Crippen molar-refractivity contribution in [3.63, 3.8) is 0 Å². The highest BCUT2D eigenvalue weighted by atomic mass is 16.5. The van der Waals surface area contributed by atoms with Crippen molar-refractivity contribution in [1.29, 1.82) is 0 Å². The third-order valence-electron chi connectivity index (χ3n) is 3.29. The topological polar surface area (TPSA) is 76.3 Å². The molecule has 0 aromatic carbocycles. The molecule has 0 bridgehead atoms. The van der Waals surface area contributed by atoms with Crippen LogP contribution in [0.2, 0.25) is 0 Å². The van der Waals surface area contributed by atoms with Gasteiger partial charge in [-0.1, -0.05) is 6.92 Å². The molecule has 1 aliphatic heterocycles. The van der Waals surface area contributed by atoms with Gasteiger partial charge < -0.3 is 15.1 Å². The van der Waals surface area contributed by atoms with Crippen LogP contribution < -0.4 is 16.2 Å². The minimum absolute atomic E-state index is 0.396. The Bertz CT molecular complexity index is 390. The number of hydrazine groups is 1. The van der Waals surface area contributed by atoms with Crippen molar-refractivity contribution in [3.05, 3.63) is 11.9 Å². The maximum absolute atomic E-state index is 5.44. The molecule has 1 saturated heterocycles. The van der Waals surface area contributed by atoms with Gasteiger partial charge in [-0.25, -0.2) is 15.8 Å². The van der Waals surface area contributed by atoms with Gasteiger partial charge in [0.05, 0.1) is 0 Å². The summed E-state index contributed by atoms with van der Waals surface area (Å²) in [6, 6.07) is 1.88. The van der Waals surface area contributed by atoms with Gasteiger partial charge in [0.2, 0.25) is 0 Å². The van der Waals surface area contributed by atoms with Gasteiger partial charge in [0.15, 0.2) is 5.82 Å². The zero-order chi connectivity index (χ0) is 13.0. The Morgan fingerprint density at radius 3 is 2.78 bits per heavy atom. The molecule has 0 amide bonds. The van der Waals surface area contributed by atoms with Gasteiger partial charge in [-0.2, -0.15) is 0 Å². The lowest BCUT2D eigenvalue weighted by Gasteiger charge is -2.31. The number of ether oxygens (including phenoxy) is 1. The zero-order valence-electron chi connectivity index (χ0n) is 11.0. The predicted molar refractivity (Wildman–Crippen MR) is 71.2 cm³/mol. The lowest BCUT2D eigenvalue weighted by atomic mass is 9.99. The van der Waals surface area contributed by atoms with E-state index < -0.39 is 0 Å². The molecule has 6 nitrogen and oxygen atoms in total. The highest BCUT2D eigenvalue weighted by Crippen LogP contribution is 2.23. The first-order chi connectivity index (χ1) is 8.72. The van der Waals surface area contributed by atoms with Gasteiger partial charge in [0.1, 0.15) is 18.2 Å². The molecule has 1 aliphatic rings. The molecule has 18 heavy (non-hydrogen) atoms. The number of hydrogen-bond acceptors (Lipinski definition) is 6. The molecule has 6 heteroatoms. The molecular formula is C12H21N5O. The van der Waals surface area contributed by atoms with Crippen LogP contribution in [0.4, 0.5) is 11.6 Å². The fourth-order valence-electron chi connectivity index (χ4n) is 2.15. The summed E-state index contributed by atoms with van der Waals surface area (Å²) < 4.78 is 5.07. The van der Waals surface area contributed by atoms with Crippen LogP contribution in [0.3, 0.4) is 0 Å². The average Bonchev–Trinajstić information content (AvgIpc) is 2.39. The first-order valence-corrected chi connectivity index (χ1v) is 6.31. The number of anilines is 2. The molecule has 0 aliphatic carbocycles. The van der Waals surface area contributed by atoms with Crippen LogP contribution in [0, 0.1) is 5.92 Å². The van der Waals surface area contributed by atoms with E-state index in [1.54, 1.807) is 7.11 Å². The third-order valence-corrected chi connectivity index (χ3v) is 3.29. The molecule has 0 spiro atoms. The van der Waals surface area contributed by atoms with Crippen LogP contribution in [-0.4, -0.2) is 30.2 Å². The molecule has 0 saturated carbocycles. The van der Waals surface area contributed by atoms with Gasteiger partial charge in [-0.05, 0) is 18.8 Å². The van der Waals surface area contributed by atoms with Gasteiger partial charge in [0, 0.05) is 26.3 Å². The Morgan fingerprint density at radius 2 is 2.17 bits per heavy atom. The maximum atomic E-state index is 5.44. The van der Waals surface area contributed by atoms with E-state index >= 15 is 0 Å². The number of nitrogens with one attached hydrogen (secondary N) is 1. The third kappa shape index (κ3) is 3.08. The Morgan fingerprint density at radius 1 is 1.44 bits per heavy atom. The molecule has 2 heterocycles. The molecule has 100 valence electrons. The van der Waals surface area contributed by atoms with Crippen molar-refractivity contribution < 1.29 is 4.74 Å². The van der Waals surface area contributed by atoms with Gasteiger partial charge >= 0.3 is 0 Å². The van der Waals surface area contributed by atoms with Crippen molar-refractivity contribution in [2.75, 3.05) is 30.5 Å². The molecule has 0 radical (unpaired) electrons. The van der Waals surface area contributed by atoms with E-state index in [2.05, 4.69) is 27.2 Å². The van der Waals surface area contributed by atoms with E-state index in [-0.39, 0.29) is 0 Å². The maximum Gasteiger partial charge on any atom is 0.158 e. The summed E-state index contributed by atoms with van der Waals surface area (Å²) in [7, 11) is 1.63. The summed E-state index contributed by atoms with van der Waals surface area (Å²) in [5.74, 6) is 8.45. The summed E-state index contributed by atoms with van der Waals surface area (Å²) in [5.41, 5.74) is 2.58. The molecule has 0 atom stereocenters. The summed E-state index contributed by atoms with van der Waals surface area (Å²) in [4.78, 5) is 11.0. The Labute approximate surface area is 108 Å². The van der Waals surface area contributed by atoms with Crippen LogP contribution in [0.5, 0.6) is 0 Å². The smallest absolute Gasteiger partial charge is 0.158 e. The molecule has 1 aromatic rings. The van der Waals surface area contributed by atoms with Crippen LogP contribution in [0.25, 0.3) is 0 Å². The summed E-state index contributed by atoms with van der Waals surface area (Å²) in [6.07, 6.45) is 2.41. The summed E-state index contributed by atoms with van der Waals surface area (Å²) >= 11 is 0. The second kappa shape index (κ2) is 5.97. The van der Waals surface area contributed by atoms with E-state index in [1.165, 1.54) is 12.8 Å². The van der Waals surface area contributed by atoms with Gasteiger partial charge in [0.25, 0.3) is 0 Å². The number of aromatic nitrogens is 2. The average molecular weight is 251 g/mol. The normalized spacial score (nSPS) is 16.9. The van der Waals surface area contributed by atoms with Gasteiger partial charge in [-0.3, -0.25) is 0 Å². The Kier molecular flexibility index (Phi) is 4.33. The number of nitrogens with zero attached hydrogens (tertiary/aromatic N) is 3. The number of nitrogens with two attached hydrogens (primary N) is 1. The number of piperidine rings is 1. The van der Waals surface area contributed by atoms with E-state index in [0.29, 0.717) is 18.2 Å². The molecular weight excluding hydrogens is 230 g/mol. The molecule has 1 fully saturated rings. The minimum atomic E-state index is 0.396. The van der Waals surface area contributed by atoms with E-state index in [9.17, 15) is 0 Å². The van der Waals surface area contributed by atoms with Crippen LogP contribution >= 0.6 is 0 Å². The molecule has 1 aromatic heterocycles. The SMILES string of the molecule is COCc1nc(NN)cc(N2CCC(C)CC2)n1. The summed E-state index contributed by atoms with van der Waals surface area (Å²) in [6.45, 7) is 4.76. The predicted octanol–water partition coefficient (Wildman–Crippen LogP) is 1.14. The quantitative estimate of drug-likeness (QED) is 0.617. The van der Waals surface area contributed by atoms with Crippen LogP contribution in [0.1, 0.15) is 25.6 Å².